The van der Waals surface area contributed by atoms with Crippen LogP contribution >= 0.6 is 27.0 Å². The molecule has 90 valence electrons. The fourth-order valence-electron chi connectivity index (χ4n) is 1.61. The van der Waals surface area contributed by atoms with E-state index >= 15 is 0 Å². The van der Waals surface area contributed by atoms with Crippen molar-refractivity contribution in [2.45, 2.75) is 38.3 Å². The summed E-state index contributed by atoms with van der Waals surface area (Å²) in [5, 5.41) is 6.22. The van der Waals surface area contributed by atoms with Crippen LogP contribution in [0, 0.1) is 0 Å². The summed E-state index contributed by atoms with van der Waals surface area (Å²) in [6, 6.07) is 0.254. The number of piperazine rings is 1. The molecule has 0 spiro atoms. The second kappa shape index (κ2) is 9.12. The van der Waals surface area contributed by atoms with Gasteiger partial charge >= 0.3 is 0 Å². The Morgan fingerprint density at radius 1 is 1.53 bits per heavy atom. The number of hydrogen-bond donors (Lipinski definition) is 2. The van der Waals surface area contributed by atoms with Crippen molar-refractivity contribution in [2.24, 2.45) is 0 Å². The van der Waals surface area contributed by atoms with Crippen LogP contribution < -0.4 is 10.6 Å². The molecule has 0 bridgehead atoms. The molecule has 0 radical (unpaired) electrons. The Hall–Kier alpha value is -0.130. The van der Waals surface area contributed by atoms with Crippen LogP contribution in [-0.2, 0) is 4.79 Å². The molecule has 1 saturated heterocycles. The summed E-state index contributed by atoms with van der Waals surface area (Å²) in [6.45, 7) is 6.64. The van der Waals surface area contributed by atoms with Crippen LogP contribution in [0.5, 0.6) is 0 Å². The lowest BCUT2D eigenvalue weighted by Crippen LogP contribution is -2.57. The minimum Gasteiger partial charge on any atom is -0.351 e. The molecule has 0 aromatic heterocycles. The van der Waals surface area contributed by atoms with E-state index in [0.29, 0.717) is 12.5 Å². The highest BCUT2D eigenvalue weighted by atomic mass is 32.1. The van der Waals surface area contributed by atoms with Gasteiger partial charge in [-0.05, 0) is 12.8 Å². The third kappa shape index (κ3) is 5.49. The monoisotopic (exact) mass is 250 g/mol. The summed E-state index contributed by atoms with van der Waals surface area (Å²) in [6.07, 6.45) is 4.65. The van der Waals surface area contributed by atoms with Crippen LogP contribution in [-0.4, -0.2) is 24.5 Å². The highest BCUT2D eigenvalue weighted by Gasteiger charge is 2.25. The Morgan fingerprint density at radius 2 is 2.20 bits per heavy atom. The molecule has 1 rings (SSSR count). The minimum atomic E-state index is -0.0643. The largest absolute Gasteiger partial charge is 0.351 e. The van der Waals surface area contributed by atoms with E-state index in [9.17, 15) is 4.79 Å². The number of amides is 1. The summed E-state index contributed by atoms with van der Waals surface area (Å²) in [5.41, 5.74) is 0. The molecule has 2 N–H and O–H groups in total. The van der Waals surface area contributed by atoms with E-state index in [4.69, 9.17) is 0 Å². The fraction of sp³-hybridized carbons (Fsp3) is 0.700. The molecule has 1 aliphatic heterocycles. The summed E-state index contributed by atoms with van der Waals surface area (Å²) in [5.74, 6) is 0.115. The van der Waals surface area contributed by atoms with Crippen molar-refractivity contribution in [1.29, 1.82) is 0 Å². The van der Waals surface area contributed by atoms with Gasteiger partial charge in [0.25, 0.3) is 0 Å². The molecule has 0 aromatic rings. The summed E-state index contributed by atoms with van der Waals surface area (Å²) in [7, 11) is 0. The first kappa shape index (κ1) is 17.3. The summed E-state index contributed by atoms with van der Waals surface area (Å²) in [4.78, 5) is 11.4. The Labute approximate surface area is 106 Å². The van der Waals surface area contributed by atoms with Gasteiger partial charge in [0.05, 0.1) is 6.04 Å². The van der Waals surface area contributed by atoms with Gasteiger partial charge in [0.1, 0.15) is 0 Å². The van der Waals surface area contributed by atoms with Crippen LogP contribution in [0.4, 0.5) is 0 Å². The normalized spacial score (nSPS) is 24.5. The maximum atomic E-state index is 11.4. The van der Waals surface area contributed by atoms with Crippen LogP contribution in [0.3, 0.4) is 0 Å². The van der Waals surface area contributed by atoms with E-state index in [1.165, 1.54) is 0 Å². The fourth-order valence-corrected chi connectivity index (χ4v) is 1.61. The molecule has 5 heteroatoms. The molecule has 0 aliphatic carbocycles. The minimum absolute atomic E-state index is 0. The number of carbonyl (C=O) groups is 1. The van der Waals surface area contributed by atoms with Gasteiger partial charge < -0.3 is 10.6 Å². The van der Waals surface area contributed by atoms with Gasteiger partial charge in [0.2, 0.25) is 5.91 Å². The molecule has 0 aromatic carbocycles. The lowest BCUT2D eigenvalue weighted by molar-refractivity contribution is -0.125. The van der Waals surface area contributed by atoms with Gasteiger partial charge in [-0.2, -0.15) is 27.0 Å². The topological polar surface area (TPSA) is 41.1 Å². The van der Waals surface area contributed by atoms with E-state index in [-0.39, 0.29) is 38.9 Å². The lowest BCUT2D eigenvalue weighted by Gasteiger charge is -2.29. The third-order valence-electron chi connectivity index (χ3n) is 2.31. The Kier molecular flexibility index (Phi) is 10.5. The first-order valence-electron chi connectivity index (χ1n) is 4.92. The number of rotatable bonds is 4. The van der Waals surface area contributed by atoms with Crippen molar-refractivity contribution in [2.75, 3.05) is 6.54 Å². The predicted molar refractivity (Wildman–Crippen MR) is 74.2 cm³/mol. The van der Waals surface area contributed by atoms with Crippen LogP contribution in [0.1, 0.15) is 26.2 Å². The van der Waals surface area contributed by atoms with E-state index in [1.807, 2.05) is 0 Å². The van der Waals surface area contributed by atoms with Gasteiger partial charge in [0.15, 0.2) is 0 Å². The van der Waals surface area contributed by atoms with Gasteiger partial charge in [0, 0.05) is 12.6 Å². The van der Waals surface area contributed by atoms with E-state index < -0.39 is 0 Å². The summed E-state index contributed by atoms with van der Waals surface area (Å²) < 4.78 is 0. The molecular formula is C10H22N2OS2. The Morgan fingerprint density at radius 3 is 2.67 bits per heavy atom. The second-order valence-corrected chi connectivity index (χ2v) is 3.48. The van der Waals surface area contributed by atoms with Crippen molar-refractivity contribution in [1.82, 2.24) is 10.6 Å². The second-order valence-electron chi connectivity index (χ2n) is 3.48. The zero-order valence-corrected chi connectivity index (χ0v) is 11.2. The molecular weight excluding hydrogens is 228 g/mol. The number of hydrogen-bond acceptors (Lipinski definition) is 2. The Balaban J connectivity index is 0. The lowest BCUT2D eigenvalue weighted by atomic mass is 10.1. The smallest absolute Gasteiger partial charge is 0.237 e. The number of nitrogens with one attached hydrogen (secondary N) is 2. The molecule has 1 heterocycles. The zero-order valence-electron chi connectivity index (χ0n) is 9.18. The van der Waals surface area contributed by atoms with Crippen molar-refractivity contribution < 1.29 is 4.79 Å². The van der Waals surface area contributed by atoms with Gasteiger partial charge in [-0.3, -0.25) is 4.79 Å². The number of carbonyl (C=O) groups excluding carboxylic acids is 1. The van der Waals surface area contributed by atoms with Crippen molar-refractivity contribution in [3.05, 3.63) is 12.7 Å². The molecule has 0 saturated carbocycles. The van der Waals surface area contributed by atoms with Crippen molar-refractivity contribution in [3.63, 3.8) is 0 Å². The van der Waals surface area contributed by atoms with Crippen molar-refractivity contribution in [3.8, 4) is 0 Å². The quantitative estimate of drug-likeness (QED) is 0.732. The zero-order chi connectivity index (χ0) is 9.68. The standard InChI is InChI=1S/C10H18N2O.2H2S/c1-3-5-8-7-11-9(6-4-2)10(13)12-8;;/h4,8-9,11H,2-3,5-7H2,1H3,(H,12,13);2*1H2/t8-,9-;;/m0../s1. The van der Waals surface area contributed by atoms with Gasteiger partial charge in [-0.1, -0.05) is 19.4 Å². The van der Waals surface area contributed by atoms with Crippen molar-refractivity contribution >= 4 is 32.9 Å². The van der Waals surface area contributed by atoms with E-state index in [0.717, 1.165) is 19.4 Å². The third-order valence-corrected chi connectivity index (χ3v) is 2.31. The maximum absolute atomic E-state index is 11.4. The SMILES string of the molecule is C=CC[C@@H]1NC[C@H](CCC)NC1=O.S.S. The molecule has 15 heavy (non-hydrogen) atoms. The highest BCUT2D eigenvalue weighted by molar-refractivity contribution is 7.59. The van der Waals surface area contributed by atoms with Crippen LogP contribution in [0.25, 0.3) is 0 Å². The molecule has 0 unspecified atom stereocenters. The first-order chi connectivity index (χ1) is 6.27. The molecule has 2 atom stereocenters. The predicted octanol–water partition coefficient (Wildman–Crippen LogP) is 1.04. The first-order valence-corrected chi connectivity index (χ1v) is 4.92. The van der Waals surface area contributed by atoms with E-state index in [1.54, 1.807) is 6.08 Å². The van der Waals surface area contributed by atoms with Crippen LogP contribution in [0.2, 0.25) is 0 Å². The summed E-state index contributed by atoms with van der Waals surface area (Å²) >= 11 is 0. The average Bonchev–Trinajstić information content (AvgIpc) is 2.10. The maximum Gasteiger partial charge on any atom is 0.237 e. The van der Waals surface area contributed by atoms with E-state index in [2.05, 4.69) is 24.1 Å². The van der Waals surface area contributed by atoms with Crippen LogP contribution in [0.15, 0.2) is 12.7 Å². The van der Waals surface area contributed by atoms with Gasteiger partial charge in [-0.25, -0.2) is 0 Å². The molecule has 1 aliphatic rings. The Bertz CT molecular complexity index is 200. The molecule has 1 fully saturated rings. The highest BCUT2D eigenvalue weighted by Crippen LogP contribution is 2.04. The molecule has 3 nitrogen and oxygen atoms in total. The molecule has 1 amide bonds. The average molecular weight is 250 g/mol. The van der Waals surface area contributed by atoms with Gasteiger partial charge in [-0.15, -0.1) is 6.58 Å².